The minimum absolute atomic E-state index is 0.416. The van der Waals surface area contributed by atoms with Gasteiger partial charge in [-0.05, 0) is 93.8 Å². The van der Waals surface area contributed by atoms with Gasteiger partial charge >= 0.3 is 0 Å². The molecule has 0 unspecified atom stereocenters. The standard InChI is InChI=1S/C18H31N/c1-13-12-14(2)16(4)17(15(13)3)8-9-18(5,6)10-11-19-7/h12,19H,8-11H2,1-7H3. The Morgan fingerprint density at radius 1 is 0.947 bits per heavy atom. The fraction of sp³-hybridized carbons (Fsp3) is 0.667. The summed E-state index contributed by atoms with van der Waals surface area (Å²) in [5, 5.41) is 3.26. The van der Waals surface area contributed by atoms with Crippen LogP contribution in [-0.2, 0) is 6.42 Å². The van der Waals surface area contributed by atoms with Gasteiger partial charge in [0.25, 0.3) is 0 Å². The van der Waals surface area contributed by atoms with Crippen LogP contribution in [0.2, 0.25) is 0 Å². The largest absolute Gasteiger partial charge is 0.320 e. The molecule has 1 N–H and O–H groups in total. The molecule has 0 aromatic heterocycles. The van der Waals surface area contributed by atoms with Crippen molar-refractivity contribution in [2.24, 2.45) is 5.41 Å². The molecule has 0 aliphatic carbocycles. The molecule has 1 heteroatoms. The van der Waals surface area contributed by atoms with Gasteiger partial charge in [-0.3, -0.25) is 0 Å². The van der Waals surface area contributed by atoms with Crippen molar-refractivity contribution < 1.29 is 0 Å². The molecule has 0 bridgehead atoms. The van der Waals surface area contributed by atoms with Gasteiger partial charge in [-0.25, -0.2) is 0 Å². The summed E-state index contributed by atoms with van der Waals surface area (Å²) in [4.78, 5) is 0. The maximum Gasteiger partial charge on any atom is -0.00468 e. The lowest BCUT2D eigenvalue weighted by Crippen LogP contribution is -2.20. The molecule has 1 aromatic rings. The molecule has 0 radical (unpaired) electrons. The molecule has 19 heavy (non-hydrogen) atoms. The van der Waals surface area contributed by atoms with Gasteiger partial charge < -0.3 is 5.32 Å². The maximum atomic E-state index is 3.26. The Bertz CT molecular complexity index is 404. The highest BCUT2D eigenvalue weighted by molar-refractivity contribution is 5.44. The maximum absolute atomic E-state index is 3.26. The molecule has 0 amide bonds. The summed E-state index contributed by atoms with van der Waals surface area (Å²) in [6.07, 6.45) is 3.71. The van der Waals surface area contributed by atoms with Crippen LogP contribution in [0.1, 0.15) is 54.5 Å². The molecule has 0 heterocycles. The highest BCUT2D eigenvalue weighted by Gasteiger charge is 2.18. The summed E-state index contributed by atoms with van der Waals surface area (Å²) >= 11 is 0. The van der Waals surface area contributed by atoms with Gasteiger partial charge in [0.05, 0.1) is 0 Å². The lowest BCUT2D eigenvalue weighted by Gasteiger charge is -2.26. The van der Waals surface area contributed by atoms with E-state index in [-0.39, 0.29) is 0 Å². The molecule has 1 rings (SSSR count). The summed E-state index contributed by atoms with van der Waals surface area (Å²) in [7, 11) is 2.04. The summed E-state index contributed by atoms with van der Waals surface area (Å²) in [6, 6.07) is 2.32. The third-order valence-corrected chi connectivity index (χ3v) is 4.62. The van der Waals surface area contributed by atoms with E-state index in [2.05, 4.69) is 52.9 Å². The van der Waals surface area contributed by atoms with E-state index in [1.54, 1.807) is 5.56 Å². The number of hydrogen-bond acceptors (Lipinski definition) is 1. The van der Waals surface area contributed by atoms with Crippen LogP contribution in [0.25, 0.3) is 0 Å². The lowest BCUT2D eigenvalue weighted by molar-refractivity contribution is 0.305. The van der Waals surface area contributed by atoms with E-state index in [0.29, 0.717) is 5.41 Å². The van der Waals surface area contributed by atoms with Crippen molar-refractivity contribution in [2.45, 2.75) is 60.8 Å². The molecule has 0 fully saturated rings. The first-order valence-electron chi connectivity index (χ1n) is 7.49. The fourth-order valence-electron chi connectivity index (χ4n) is 2.73. The van der Waals surface area contributed by atoms with E-state index in [1.807, 2.05) is 7.05 Å². The van der Waals surface area contributed by atoms with Gasteiger partial charge in [0, 0.05) is 0 Å². The van der Waals surface area contributed by atoms with Crippen LogP contribution in [-0.4, -0.2) is 13.6 Å². The molecule has 0 aliphatic heterocycles. The Hall–Kier alpha value is -0.820. The molecule has 0 saturated carbocycles. The smallest absolute Gasteiger partial charge is 0.00468 e. The van der Waals surface area contributed by atoms with E-state index in [9.17, 15) is 0 Å². The van der Waals surface area contributed by atoms with E-state index in [1.165, 1.54) is 41.5 Å². The van der Waals surface area contributed by atoms with Crippen molar-refractivity contribution in [3.63, 3.8) is 0 Å². The molecular formula is C18H31N. The highest BCUT2D eigenvalue weighted by Crippen LogP contribution is 2.30. The topological polar surface area (TPSA) is 12.0 Å². The van der Waals surface area contributed by atoms with Crippen molar-refractivity contribution in [3.05, 3.63) is 33.9 Å². The summed E-state index contributed by atoms with van der Waals surface area (Å²) in [5.74, 6) is 0. The van der Waals surface area contributed by atoms with E-state index < -0.39 is 0 Å². The normalized spacial score (nSPS) is 11.9. The quantitative estimate of drug-likeness (QED) is 0.795. The zero-order chi connectivity index (χ0) is 14.6. The van der Waals surface area contributed by atoms with Crippen LogP contribution < -0.4 is 5.32 Å². The predicted molar refractivity (Wildman–Crippen MR) is 86.0 cm³/mol. The molecule has 1 nitrogen and oxygen atoms in total. The molecule has 108 valence electrons. The van der Waals surface area contributed by atoms with Gasteiger partial charge in [0.15, 0.2) is 0 Å². The third-order valence-electron chi connectivity index (χ3n) is 4.62. The number of hydrogen-bond donors (Lipinski definition) is 1. The minimum Gasteiger partial charge on any atom is -0.320 e. The molecular weight excluding hydrogens is 230 g/mol. The first-order chi connectivity index (χ1) is 8.78. The van der Waals surface area contributed by atoms with Crippen molar-refractivity contribution in [2.75, 3.05) is 13.6 Å². The number of aryl methyl sites for hydroxylation is 2. The summed E-state index contributed by atoms with van der Waals surface area (Å²) in [5.41, 5.74) is 7.85. The number of rotatable bonds is 6. The first kappa shape index (κ1) is 16.2. The monoisotopic (exact) mass is 261 g/mol. The van der Waals surface area contributed by atoms with Gasteiger partial charge in [-0.15, -0.1) is 0 Å². The van der Waals surface area contributed by atoms with Crippen LogP contribution in [0.5, 0.6) is 0 Å². The van der Waals surface area contributed by atoms with Gasteiger partial charge in [-0.2, -0.15) is 0 Å². The van der Waals surface area contributed by atoms with Crippen LogP contribution in [0.4, 0.5) is 0 Å². The number of benzene rings is 1. The Morgan fingerprint density at radius 2 is 1.47 bits per heavy atom. The molecule has 0 atom stereocenters. The van der Waals surface area contributed by atoms with Gasteiger partial charge in [0.1, 0.15) is 0 Å². The fourth-order valence-corrected chi connectivity index (χ4v) is 2.73. The van der Waals surface area contributed by atoms with Crippen molar-refractivity contribution in [1.29, 1.82) is 0 Å². The first-order valence-corrected chi connectivity index (χ1v) is 7.49. The van der Waals surface area contributed by atoms with Crippen LogP contribution in [0.3, 0.4) is 0 Å². The van der Waals surface area contributed by atoms with E-state index >= 15 is 0 Å². The van der Waals surface area contributed by atoms with Crippen LogP contribution >= 0.6 is 0 Å². The molecule has 0 spiro atoms. The lowest BCUT2D eigenvalue weighted by atomic mass is 9.81. The zero-order valence-corrected chi connectivity index (χ0v) is 13.9. The van der Waals surface area contributed by atoms with Gasteiger partial charge in [-0.1, -0.05) is 19.9 Å². The Balaban J connectivity index is 2.83. The Kier molecular flexibility index (Phi) is 5.61. The third kappa shape index (κ3) is 4.35. The Labute approximate surface area is 119 Å². The molecule has 0 aliphatic rings. The summed E-state index contributed by atoms with van der Waals surface area (Å²) in [6.45, 7) is 14.9. The van der Waals surface area contributed by atoms with Crippen molar-refractivity contribution in [1.82, 2.24) is 5.32 Å². The second kappa shape index (κ2) is 6.56. The van der Waals surface area contributed by atoms with Crippen molar-refractivity contribution >= 4 is 0 Å². The average molecular weight is 261 g/mol. The summed E-state index contributed by atoms with van der Waals surface area (Å²) < 4.78 is 0. The second-order valence-corrected chi connectivity index (χ2v) is 6.76. The molecule has 0 saturated heterocycles. The van der Waals surface area contributed by atoms with Crippen molar-refractivity contribution in [3.8, 4) is 0 Å². The number of nitrogens with one attached hydrogen (secondary N) is 1. The minimum atomic E-state index is 0.416. The zero-order valence-electron chi connectivity index (χ0n) is 13.9. The van der Waals surface area contributed by atoms with Gasteiger partial charge in [0.2, 0.25) is 0 Å². The van der Waals surface area contributed by atoms with E-state index in [0.717, 1.165) is 6.54 Å². The predicted octanol–water partition coefficient (Wildman–Crippen LogP) is 4.49. The molecule has 1 aromatic carbocycles. The Morgan fingerprint density at radius 3 is 1.95 bits per heavy atom. The van der Waals surface area contributed by atoms with E-state index in [4.69, 9.17) is 0 Å². The highest BCUT2D eigenvalue weighted by atomic mass is 14.8. The average Bonchev–Trinajstić information content (AvgIpc) is 2.34. The second-order valence-electron chi connectivity index (χ2n) is 6.76. The van der Waals surface area contributed by atoms with Crippen LogP contribution in [0, 0.1) is 33.1 Å². The van der Waals surface area contributed by atoms with Crippen LogP contribution in [0.15, 0.2) is 6.07 Å². The SMILES string of the molecule is CNCCC(C)(C)CCc1c(C)c(C)cc(C)c1C.